The Balaban J connectivity index is 2.32. The van der Waals surface area contributed by atoms with E-state index in [1.807, 2.05) is 13.0 Å². The number of furan rings is 1. The van der Waals surface area contributed by atoms with Gasteiger partial charge in [-0.1, -0.05) is 39.0 Å². The Morgan fingerprint density at radius 2 is 1.91 bits per heavy atom. The minimum atomic E-state index is -1.41. The van der Waals surface area contributed by atoms with Crippen molar-refractivity contribution in [3.8, 4) is 0 Å². The van der Waals surface area contributed by atoms with Gasteiger partial charge in [0.1, 0.15) is 11.8 Å². The Labute approximate surface area is 134 Å². The maximum atomic E-state index is 12.4. The molecule has 2 rings (SSSR count). The molecule has 0 aliphatic rings. The lowest BCUT2D eigenvalue weighted by Gasteiger charge is -2.30. The molecule has 2 unspecified atom stereocenters. The zero-order valence-electron chi connectivity index (χ0n) is 13.6. The van der Waals surface area contributed by atoms with Crippen molar-refractivity contribution >= 4 is 22.8 Å². The zero-order chi connectivity index (χ0) is 17.4. The molecule has 124 valence electrons. The summed E-state index contributed by atoms with van der Waals surface area (Å²) in [4.78, 5) is 23.8. The number of carbonyl (C=O) groups is 2. The molecule has 0 saturated heterocycles. The average Bonchev–Trinajstić information content (AvgIpc) is 2.88. The molecule has 3 N–H and O–H groups in total. The number of carboxylic acid groups (broad SMARTS) is 1. The van der Waals surface area contributed by atoms with E-state index < -0.39 is 29.4 Å². The van der Waals surface area contributed by atoms with E-state index in [2.05, 4.69) is 5.32 Å². The highest BCUT2D eigenvalue weighted by Crippen LogP contribution is 2.25. The summed E-state index contributed by atoms with van der Waals surface area (Å²) in [6.07, 6.45) is 0.0684. The quantitative estimate of drug-likeness (QED) is 0.803. The number of benzene rings is 1. The number of carboxylic acids is 1. The van der Waals surface area contributed by atoms with Gasteiger partial charge >= 0.3 is 5.97 Å². The fraction of sp³-hybridized carbons (Fsp3) is 0.412. The molecule has 1 heterocycles. The van der Waals surface area contributed by atoms with Gasteiger partial charge < -0.3 is 19.9 Å². The Morgan fingerprint density at radius 1 is 1.26 bits per heavy atom. The van der Waals surface area contributed by atoms with Crippen LogP contribution in [0.2, 0.25) is 0 Å². The zero-order valence-corrected chi connectivity index (χ0v) is 13.6. The maximum absolute atomic E-state index is 12.4. The highest BCUT2D eigenvalue weighted by molar-refractivity contribution is 6.07. The number of aliphatic hydroxyl groups is 1. The molecule has 6 nitrogen and oxygen atoms in total. The normalized spacial score (nSPS) is 14.5. The van der Waals surface area contributed by atoms with Crippen LogP contribution in [-0.2, 0) is 4.79 Å². The Bertz CT molecular complexity index is 741. The van der Waals surface area contributed by atoms with Gasteiger partial charge in [0.25, 0.3) is 5.91 Å². The number of nitrogens with one attached hydrogen (secondary N) is 1. The van der Waals surface area contributed by atoms with Gasteiger partial charge in [-0.15, -0.1) is 0 Å². The molecule has 1 aromatic carbocycles. The van der Waals surface area contributed by atoms with E-state index in [0.29, 0.717) is 11.0 Å². The standard InChI is InChI=1S/C17H21NO5/c1-9-6-5-7-10-11(8-23-13(9)10)15(20)18-12(16(21)22)14(19)17(2,3)4/h5-8,12,14,19H,1-4H3,(H,18,20)(H,21,22). The van der Waals surface area contributed by atoms with Crippen molar-refractivity contribution in [2.45, 2.75) is 39.8 Å². The van der Waals surface area contributed by atoms with Gasteiger partial charge in [-0.05, 0) is 17.9 Å². The first-order valence-corrected chi connectivity index (χ1v) is 7.31. The third kappa shape index (κ3) is 3.37. The van der Waals surface area contributed by atoms with Gasteiger partial charge in [0.2, 0.25) is 0 Å². The van der Waals surface area contributed by atoms with Gasteiger partial charge in [0, 0.05) is 5.39 Å². The van der Waals surface area contributed by atoms with E-state index in [4.69, 9.17) is 4.42 Å². The molecular weight excluding hydrogens is 298 g/mol. The number of aliphatic carboxylic acids is 1. The third-order valence-corrected chi connectivity index (χ3v) is 3.80. The lowest BCUT2D eigenvalue weighted by atomic mass is 9.84. The number of para-hydroxylation sites is 1. The summed E-state index contributed by atoms with van der Waals surface area (Å²) in [5.74, 6) is -1.88. The number of fused-ring (bicyclic) bond motifs is 1. The highest BCUT2D eigenvalue weighted by atomic mass is 16.4. The molecular formula is C17H21NO5. The van der Waals surface area contributed by atoms with E-state index in [1.165, 1.54) is 6.26 Å². The summed E-state index contributed by atoms with van der Waals surface area (Å²) in [5.41, 5.74) is 1.02. The predicted molar refractivity (Wildman–Crippen MR) is 85.3 cm³/mol. The molecule has 1 aromatic heterocycles. The topological polar surface area (TPSA) is 99.8 Å². The second kappa shape index (κ2) is 6.04. The molecule has 6 heteroatoms. The number of amides is 1. The SMILES string of the molecule is Cc1cccc2c(C(=O)NC(C(=O)O)C(O)C(C)(C)C)coc12. The number of aliphatic hydroxyl groups excluding tert-OH is 1. The van der Waals surface area contributed by atoms with Crippen molar-refractivity contribution in [1.29, 1.82) is 0 Å². The van der Waals surface area contributed by atoms with Crippen LogP contribution in [0.4, 0.5) is 0 Å². The number of carbonyl (C=O) groups excluding carboxylic acids is 1. The second-order valence-corrected chi connectivity index (χ2v) is 6.70. The molecule has 0 aliphatic heterocycles. The molecule has 0 aliphatic carbocycles. The third-order valence-electron chi connectivity index (χ3n) is 3.80. The smallest absolute Gasteiger partial charge is 0.328 e. The maximum Gasteiger partial charge on any atom is 0.328 e. The summed E-state index contributed by atoms with van der Waals surface area (Å²) < 4.78 is 5.40. The second-order valence-electron chi connectivity index (χ2n) is 6.70. The van der Waals surface area contributed by atoms with Crippen LogP contribution in [0.25, 0.3) is 11.0 Å². The molecule has 0 radical (unpaired) electrons. The molecule has 23 heavy (non-hydrogen) atoms. The Morgan fingerprint density at radius 3 is 2.48 bits per heavy atom. The number of rotatable bonds is 4. The van der Waals surface area contributed by atoms with Crippen LogP contribution in [0.3, 0.4) is 0 Å². The van der Waals surface area contributed by atoms with Crippen LogP contribution in [-0.4, -0.2) is 34.2 Å². The van der Waals surface area contributed by atoms with E-state index in [1.54, 1.807) is 32.9 Å². The van der Waals surface area contributed by atoms with Crippen molar-refractivity contribution < 1.29 is 24.2 Å². The number of hydrogen-bond acceptors (Lipinski definition) is 4. The number of aryl methyl sites for hydroxylation is 1. The summed E-state index contributed by atoms with van der Waals surface area (Å²) in [6, 6.07) is 3.98. The summed E-state index contributed by atoms with van der Waals surface area (Å²) in [5, 5.41) is 22.5. The van der Waals surface area contributed by atoms with Crippen LogP contribution < -0.4 is 5.32 Å². The Kier molecular flexibility index (Phi) is 4.47. The average molecular weight is 319 g/mol. The Hall–Kier alpha value is -2.34. The molecule has 2 atom stereocenters. The van der Waals surface area contributed by atoms with Gasteiger partial charge in [-0.2, -0.15) is 0 Å². The minimum absolute atomic E-state index is 0.246. The molecule has 1 amide bonds. The van der Waals surface area contributed by atoms with Gasteiger partial charge in [0.15, 0.2) is 6.04 Å². The van der Waals surface area contributed by atoms with Crippen molar-refractivity contribution in [2.24, 2.45) is 5.41 Å². The first-order valence-electron chi connectivity index (χ1n) is 7.31. The first kappa shape index (κ1) is 17.0. The molecule has 0 saturated carbocycles. The fourth-order valence-corrected chi connectivity index (χ4v) is 2.37. The van der Waals surface area contributed by atoms with E-state index >= 15 is 0 Å². The fourth-order valence-electron chi connectivity index (χ4n) is 2.37. The van der Waals surface area contributed by atoms with Crippen molar-refractivity contribution in [3.05, 3.63) is 35.6 Å². The van der Waals surface area contributed by atoms with Crippen molar-refractivity contribution in [1.82, 2.24) is 5.32 Å². The lowest BCUT2D eigenvalue weighted by molar-refractivity contribution is -0.144. The number of hydrogen-bond donors (Lipinski definition) is 3. The molecule has 0 bridgehead atoms. The van der Waals surface area contributed by atoms with Crippen molar-refractivity contribution in [3.63, 3.8) is 0 Å². The summed E-state index contributed by atoms with van der Waals surface area (Å²) >= 11 is 0. The monoisotopic (exact) mass is 319 g/mol. The first-order chi connectivity index (χ1) is 10.6. The molecule has 0 spiro atoms. The minimum Gasteiger partial charge on any atom is -0.480 e. The van der Waals surface area contributed by atoms with Gasteiger partial charge in [-0.3, -0.25) is 4.79 Å². The molecule has 0 fully saturated rings. The van der Waals surface area contributed by atoms with Gasteiger partial charge in [-0.25, -0.2) is 4.79 Å². The largest absolute Gasteiger partial charge is 0.480 e. The van der Waals surface area contributed by atoms with E-state index in [9.17, 15) is 19.8 Å². The molecule has 2 aromatic rings. The predicted octanol–water partition coefficient (Wildman–Crippen LogP) is 2.33. The van der Waals surface area contributed by atoms with Gasteiger partial charge in [0.05, 0.1) is 11.7 Å². The summed E-state index contributed by atoms with van der Waals surface area (Å²) in [6.45, 7) is 6.97. The van der Waals surface area contributed by atoms with Crippen LogP contribution in [0.5, 0.6) is 0 Å². The lowest BCUT2D eigenvalue weighted by Crippen LogP contribution is -2.53. The van der Waals surface area contributed by atoms with E-state index in [-0.39, 0.29) is 5.56 Å². The van der Waals surface area contributed by atoms with Crippen LogP contribution >= 0.6 is 0 Å². The summed E-state index contributed by atoms with van der Waals surface area (Å²) in [7, 11) is 0. The van der Waals surface area contributed by atoms with Crippen LogP contribution in [0.1, 0.15) is 36.7 Å². The van der Waals surface area contributed by atoms with Crippen molar-refractivity contribution in [2.75, 3.05) is 0 Å². The van der Waals surface area contributed by atoms with E-state index in [0.717, 1.165) is 5.56 Å². The van der Waals surface area contributed by atoms with Crippen LogP contribution in [0.15, 0.2) is 28.9 Å². The highest BCUT2D eigenvalue weighted by Gasteiger charge is 2.36. The van der Waals surface area contributed by atoms with Crippen LogP contribution in [0, 0.1) is 12.3 Å².